The van der Waals surface area contributed by atoms with Crippen LogP contribution in [0.2, 0.25) is 0 Å². The maximum absolute atomic E-state index is 12.9. The Bertz CT molecular complexity index is 970. The Morgan fingerprint density at radius 3 is 2.63 bits per heavy atom. The summed E-state index contributed by atoms with van der Waals surface area (Å²) >= 11 is 0. The van der Waals surface area contributed by atoms with Crippen molar-refractivity contribution in [1.82, 2.24) is 4.98 Å². The van der Waals surface area contributed by atoms with E-state index >= 15 is 0 Å². The van der Waals surface area contributed by atoms with Crippen LogP contribution >= 0.6 is 0 Å². The summed E-state index contributed by atoms with van der Waals surface area (Å²) in [7, 11) is 0. The molecule has 1 unspecified atom stereocenters. The lowest BCUT2D eigenvalue weighted by molar-refractivity contribution is -0.160. The molecule has 3 aliphatic rings. The Morgan fingerprint density at radius 2 is 1.97 bits per heavy atom. The fourth-order valence-electron chi connectivity index (χ4n) is 4.95. The van der Waals surface area contributed by atoms with E-state index in [0.717, 1.165) is 36.9 Å². The van der Waals surface area contributed by atoms with Gasteiger partial charge in [0.1, 0.15) is 0 Å². The van der Waals surface area contributed by atoms with Crippen molar-refractivity contribution in [2.75, 3.05) is 18.5 Å². The number of carbonyl (C=O) groups is 1. The molecule has 1 N–H and O–H groups in total. The first-order chi connectivity index (χ1) is 14.7. The van der Waals surface area contributed by atoms with Crippen LogP contribution in [0.1, 0.15) is 47.6 Å². The fraction of sp³-hybridized carbons (Fsp3) is 0.458. The van der Waals surface area contributed by atoms with Crippen molar-refractivity contribution in [1.29, 1.82) is 0 Å². The molecule has 5 rings (SSSR count). The smallest absolute Gasteiger partial charge is 0.352 e. The van der Waals surface area contributed by atoms with Crippen molar-refractivity contribution in [3.05, 3.63) is 58.4 Å². The van der Waals surface area contributed by atoms with Crippen molar-refractivity contribution >= 4 is 17.7 Å². The molecular weight excluding hydrogens is 378 g/mol. The third-order valence-electron chi connectivity index (χ3n) is 6.33. The summed E-state index contributed by atoms with van der Waals surface area (Å²) < 4.78 is 11.6. The quantitative estimate of drug-likeness (QED) is 0.772. The van der Waals surface area contributed by atoms with Crippen LogP contribution in [-0.4, -0.2) is 35.7 Å². The number of aliphatic imine (C=N–C) groups is 1. The first kappa shape index (κ1) is 19.1. The molecule has 156 valence electrons. The molecule has 2 heterocycles. The number of aromatic nitrogens is 1. The number of carbonyl (C=O) groups excluding carboxylic acids is 1. The predicted octanol–water partition coefficient (Wildman–Crippen LogP) is 3.40. The van der Waals surface area contributed by atoms with Crippen molar-refractivity contribution in [2.45, 2.75) is 57.5 Å². The van der Waals surface area contributed by atoms with Crippen LogP contribution in [0, 0.1) is 0 Å². The number of hydrogen-bond donors (Lipinski definition) is 1. The van der Waals surface area contributed by atoms with Gasteiger partial charge in [-0.1, -0.05) is 12.1 Å². The highest BCUT2D eigenvalue weighted by atomic mass is 16.6. The van der Waals surface area contributed by atoms with Gasteiger partial charge in [-0.05, 0) is 79.3 Å². The van der Waals surface area contributed by atoms with E-state index < -0.39 is 5.60 Å². The largest absolute Gasteiger partial charge is 0.463 e. The Balaban J connectivity index is 1.42. The number of benzene rings is 1. The molecule has 0 amide bonds. The molecule has 1 aromatic carbocycles. The van der Waals surface area contributed by atoms with Gasteiger partial charge in [0, 0.05) is 24.5 Å². The van der Waals surface area contributed by atoms with E-state index in [4.69, 9.17) is 9.47 Å². The lowest BCUT2D eigenvalue weighted by Gasteiger charge is -2.26. The molecule has 0 saturated heterocycles. The van der Waals surface area contributed by atoms with Gasteiger partial charge in [-0.2, -0.15) is 0 Å². The zero-order chi connectivity index (χ0) is 20.6. The minimum absolute atomic E-state index is 0.236. The molecule has 1 atom stereocenters. The zero-order valence-electron chi connectivity index (χ0n) is 17.4. The van der Waals surface area contributed by atoms with Crippen LogP contribution in [0.5, 0.6) is 0 Å². The molecule has 2 aromatic rings. The highest BCUT2D eigenvalue weighted by Crippen LogP contribution is 2.39. The maximum Gasteiger partial charge on any atom is 0.352 e. The van der Waals surface area contributed by atoms with Crippen LogP contribution in [-0.2, 0) is 46.4 Å². The molecule has 0 saturated carbocycles. The second-order valence-corrected chi connectivity index (χ2v) is 8.34. The van der Waals surface area contributed by atoms with E-state index in [9.17, 15) is 4.79 Å². The summed E-state index contributed by atoms with van der Waals surface area (Å²) in [5.74, 6) is -0.377. The van der Waals surface area contributed by atoms with Gasteiger partial charge in [0.25, 0.3) is 6.02 Å². The van der Waals surface area contributed by atoms with Gasteiger partial charge in [-0.15, -0.1) is 0 Å². The van der Waals surface area contributed by atoms with Gasteiger partial charge in [-0.3, -0.25) is 4.98 Å². The number of anilines is 1. The first-order valence-electron chi connectivity index (χ1n) is 10.9. The van der Waals surface area contributed by atoms with E-state index in [2.05, 4.69) is 21.4 Å². The minimum Gasteiger partial charge on any atom is -0.463 e. The van der Waals surface area contributed by atoms with Crippen molar-refractivity contribution < 1.29 is 14.3 Å². The minimum atomic E-state index is -1.15. The predicted molar refractivity (Wildman–Crippen MR) is 115 cm³/mol. The zero-order valence-corrected chi connectivity index (χ0v) is 17.4. The standard InChI is InChI=1S/C24H27N3O3/c1-2-29-22(28)24(13-16-6-5-11-25-14-16)15-26-23(30-24)27-21-19-9-3-7-17(19)12-18-8-4-10-20(18)21/h5-6,11-12,14H,2-4,7-10,13,15H2,1H3,(H,26,27). The number of pyridine rings is 1. The van der Waals surface area contributed by atoms with Crippen molar-refractivity contribution in [3.8, 4) is 0 Å². The monoisotopic (exact) mass is 405 g/mol. The SMILES string of the molecule is CCOC(=O)C1(Cc2cccnc2)CN=C(Nc2c3c(cc4c2CCC4)CCC3)O1. The van der Waals surface area contributed by atoms with Gasteiger partial charge in [-0.25, -0.2) is 9.79 Å². The first-order valence-corrected chi connectivity index (χ1v) is 10.9. The van der Waals surface area contributed by atoms with E-state index in [-0.39, 0.29) is 12.5 Å². The number of aryl methyl sites for hydroxylation is 2. The number of nitrogens with zero attached hydrogens (tertiary/aromatic N) is 2. The summed E-state index contributed by atoms with van der Waals surface area (Å²) in [6.45, 7) is 2.35. The molecule has 0 fully saturated rings. The van der Waals surface area contributed by atoms with Gasteiger partial charge in [0.2, 0.25) is 5.60 Å². The Labute approximate surface area is 176 Å². The summed E-state index contributed by atoms with van der Waals surface area (Å²) in [6, 6.07) is 6.62. The number of fused-ring (bicyclic) bond motifs is 2. The maximum atomic E-state index is 12.9. The summed E-state index contributed by atoms with van der Waals surface area (Å²) in [5, 5.41) is 3.48. The van der Waals surface area contributed by atoms with Crippen LogP contribution in [0.25, 0.3) is 0 Å². The normalized spacial score (nSPS) is 21.6. The number of amidine groups is 1. The summed E-state index contributed by atoms with van der Waals surface area (Å²) in [4.78, 5) is 21.6. The molecule has 1 aliphatic heterocycles. The average Bonchev–Trinajstić information content (AvgIpc) is 3.49. The van der Waals surface area contributed by atoms with Crippen molar-refractivity contribution in [3.63, 3.8) is 0 Å². The van der Waals surface area contributed by atoms with Crippen LogP contribution in [0.4, 0.5) is 5.69 Å². The van der Waals surface area contributed by atoms with Gasteiger partial charge >= 0.3 is 5.97 Å². The third-order valence-corrected chi connectivity index (χ3v) is 6.33. The van der Waals surface area contributed by atoms with Crippen LogP contribution < -0.4 is 5.32 Å². The molecule has 0 radical (unpaired) electrons. The molecular formula is C24H27N3O3. The van der Waals surface area contributed by atoms with E-state index in [1.165, 1.54) is 35.1 Å². The van der Waals surface area contributed by atoms with Gasteiger partial charge in [0.15, 0.2) is 0 Å². The van der Waals surface area contributed by atoms with Crippen LogP contribution in [0.15, 0.2) is 35.6 Å². The summed E-state index contributed by atoms with van der Waals surface area (Å²) in [5.41, 5.74) is 6.61. The Morgan fingerprint density at radius 1 is 1.20 bits per heavy atom. The number of rotatable bonds is 5. The molecule has 2 aliphatic carbocycles. The second kappa shape index (κ2) is 7.74. The van der Waals surface area contributed by atoms with Crippen molar-refractivity contribution in [2.24, 2.45) is 4.99 Å². The number of esters is 1. The molecule has 1 aromatic heterocycles. The second-order valence-electron chi connectivity index (χ2n) is 8.34. The van der Waals surface area contributed by atoms with E-state index in [1.54, 1.807) is 19.3 Å². The van der Waals surface area contributed by atoms with E-state index in [1.807, 2.05) is 12.1 Å². The molecule has 6 nitrogen and oxygen atoms in total. The Kier molecular flexibility index (Phi) is 4.93. The highest BCUT2D eigenvalue weighted by molar-refractivity contribution is 5.96. The highest BCUT2D eigenvalue weighted by Gasteiger charge is 2.47. The average molecular weight is 405 g/mol. The summed E-state index contributed by atoms with van der Waals surface area (Å²) in [6.07, 6.45) is 10.7. The lowest BCUT2D eigenvalue weighted by Crippen LogP contribution is -2.46. The molecule has 0 bridgehead atoms. The topological polar surface area (TPSA) is 72.8 Å². The van der Waals surface area contributed by atoms with Gasteiger partial charge in [0.05, 0.1) is 13.2 Å². The number of ether oxygens (including phenoxy) is 2. The lowest BCUT2D eigenvalue weighted by atomic mass is 9.95. The third kappa shape index (κ3) is 3.34. The molecule has 6 heteroatoms. The molecule has 0 spiro atoms. The number of nitrogens with one attached hydrogen (secondary N) is 1. The van der Waals surface area contributed by atoms with Crippen LogP contribution in [0.3, 0.4) is 0 Å². The molecule has 30 heavy (non-hydrogen) atoms. The fourth-order valence-corrected chi connectivity index (χ4v) is 4.95. The van der Waals surface area contributed by atoms with E-state index in [0.29, 0.717) is 19.0 Å². The number of hydrogen-bond acceptors (Lipinski definition) is 6. The van der Waals surface area contributed by atoms with Gasteiger partial charge < -0.3 is 14.8 Å². The Hall–Kier alpha value is -2.89.